The molecule has 2 aromatic carbocycles. The van der Waals surface area contributed by atoms with Crippen molar-refractivity contribution in [2.75, 3.05) is 0 Å². The standard InChI is InChI=1S/C20H20BrNO4/c1-13(25-17-11-7-15(21)8-12-17)20(24)26-18(14-5-3-2-4-6-14)19(23)22-16-9-10-16/h2-8,11-13,16,18H,9-10H2,1H3,(H,22,23)/t13-,18+/m1/s1. The number of rotatable bonds is 7. The molecule has 0 heterocycles. The number of carbonyl (C=O) groups excluding carboxylic acids is 2. The topological polar surface area (TPSA) is 64.6 Å². The van der Waals surface area contributed by atoms with Crippen molar-refractivity contribution < 1.29 is 19.1 Å². The molecule has 0 aliphatic heterocycles. The van der Waals surface area contributed by atoms with Crippen molar-refractivity contribution in [3.8, 4) is 5.75 Å². The van der Waals surface area contributed by atoms with Crippen LogP contribution in [0.15, 0.2) is 59.1 Å². The molecule has 1 fully saturated rings. The minimum Gasteiger partial charge on any atom is -0.479 e. The number of esters is 1. The smallest absolute Gasteiger partial charge is 0.348 e. The van der Waals surface area contributed by atoms with Crippen LogP contribution in [0.4, 0.5) is 0 Å². The SMILES string of the molecule is C[C@@H](Oc1ccc(Br)cc1)C(=O)O[C@H](C(=O)NC1CC1)c1ccccc1. The number of benzene rings is 2. The molecule has 0 radical (unpaired) electrons. The molecular formula is C20H20BrNO4. The first-order valence-electron chi connectivity index (χ1n) is 8.51. The lowest BCUT2D eigenvalue weighted by atomic mass is 10.1. The summed E-state index contributed by atoms with van der Waals surface area (Å²) in [5, 5.41) is 2.89. The lowest BCUT2D eigenvalue weighted by Crippen LogP contribution is -2.36. The number of nitrogens with one attached hydrogen (secondary N) is 1. The summed E-state index contributed by atoms with van der Waals surface area (Å²) >= 11 is 3.35. The molecular weight excluding hydrogens is 398 g/mol. The summed E-state index contributed by atoms with van der Waals surface area (Å²) in [6.45, 7) is 1.60. The van der Waals surface area contributed by atoms with E-state index >= 15 is 0 Å². The zero-order chi connectivity index (χ0) is 18.5. The third-order valence-electron chi connectivity index (χ3n) is 3.96. The lowest BCUT2D eigenvalue weighted by Gasteiger charge is -2.20. The minimum absolute atomic E-state index is 0.184. The van der Waals surface area contributed by atoms with Crippen molar-refractivity contribution in [1.29, 1.82) is 0 Å². The minimum atomic E-state index is -0.986. The van der Waals surface area contributed by atoms with Crippen LogP contribution >= 0.6 is 15.9 Å². The Bertz CT molecular complexity index is 759. The molecule has 0 bridgehead atoms. The predicted molar refractivity (Wildman–Crippen MR) is 101 cm³/mol. The van der Waals surface area contributed by atoms with Crippen molar-refractivity contribution in [1.82, 2.24) is 5.32 Å². The second-order valence-corrected chi connectivity index (χ2v) is 7.14. The molecule has 0 aromatic heterocycles. The zero-order valence-electron chi connectivity index (χ0n) is 14.4. The van der Waals surface area contributed by atoms with E-state index < -0.39 is 18.2 Å². The highest BCUT2D eigenvalue weighted by Gasteiger charge is 2.32. The van der Waals surface area contributed by atoms with Gasteiger partial charge in [0.25, 0.3) is 5.91 Å². The van der Waals surface area contributed by atoms with E-state index in [-0.39, 0.29) is 11.9 Å². The number of carbonyl (C=O) groups is 2. The summed E-state index contributed by atoms with van der Waals surface area (Å²) in [5.74, 6) is -0.341. The molecule has 0 unspecified atom stereocenters. The summed E-state index contributed by atoms with van der Waals surface area (Å²) in [6, 6.07) is 16.3. The van der Waals surface area contributed by atoms with Gasteiger partial charge in [0.2, 0.25) is 6.10 Å². The molecule has 2 aromatic rings. The van der Waals surface area contributed by atoms with E-state index in [0.717, 1.165) is 17.3 Å². The molecule has 1 aliphatic carbocycles. The summed E-state index contributed by atoms with van der Waals surface area (Å²) in [5.41, 5.74) is 0.634. The third-order valence-corrected chi connectivity index (χ3v) is 4.49. The van der Waals surface area contributed by atoms with Crippen molar-refractivity contribution in [3.63, 3.8) is 0 Å². The fourth-order valence-corrected chi connectivity index (χ4v) is 2.65. The Kier molecular flexibility index (Phi) is 5.93. The van der Waals surface area contributed by atoms with Gasteiger partial charge in [0, 0.05) is 16.1 Å². The molecule has 3 rings (SSSR count). The van der Waals surface area contributed by atoms with E-state index in [1.54, 1.807) is 31.2 Å². The summed E-state index contributed by atoms with van der Waals surface area (Å²) < 4.78 is 12.0. The Labute approximate surface area is 160 Å². The monoisotopic (exact) mass is 417 g/mol. The molecule has 6 heteroatoms. The largest absolute Gasteiger partial charge is 0.479 e. The highest BCUT2D eigenvalue weighted by Crippen LogP contribution is 2.24. The van der Waals surface area contributed by atoms with Gasteiger partial charge in [-0.05, 0) is 44.0 Å². The van der Waals surface area contributed by atoms with Gasteiger partial charge in [0.1, 0.15) is 5.75 Å². The van der Waals surface area contributed by atoms with Crippen molar-refractivity contribution in [3.05, 3.63) is 64.6 Å². The van der Waals surface area contributed by atoms with Crippen molar-refractivity contribution in [2.24, 2.45) is 0 Å². The van der Waals surface area contributed by atoms with E-state index in [2.05, 4.69) is 21.2 Å². The predicted octanol–water partition coefficient (Wildman–Crippen LogP) is 3.78. The van der Waals surface area contributed by atoms with Crippen LogP contribution < -0.4 is 10.1 Å². The van der Waals surface area contributed by atoms with E-state index in [1.165, 1.54) is 0 Å². The summed E-state index contributed by atoms with van der Waals surface area (Å²) in [7, 11) is 0. The highest BCUT2D eigenvalue weighted by atomic mass is 79.9. The lowest BCUT2D eigenvalue weighted by molar-refractivity contribution is -0.162. The average Bonchev–Trinajstić information content (AvgIpc) is 3.46. The second-order valence-electron chi connectivity index (χ2n) is 6.22. The second kappa shape index (κ2) is 8.36. The van der Waals surface area contributed by atoms with E-state index in [4.69, 9.17) is 9.47 Å². The Morgan fingerprint density at radius 1 is 1.08 bits per heavy atom. The van der Waals surface area contributed by atoms with Gasteiger partial charge < -0.3 is 14.8 Å². The molecule has 0 saturated heterocycles. The van der Waals surface area contributed by atoms with Gasteiger partial charge in [-0.1, -0.05) is 46.3 Å². The molecule has 1 N–H and O–H groups in total. The molecule has 1 saturated carbocycles. The molecule has 26 heavy (non-hydrogen) atoms. The van der Waals surface area contributed by atoms with Crippen LogP contribution in [0.5, 0.6) is 5.75 Å². The van der Waals surface area contributed by atoms with Crippen LogP contribution in [-0.4, -0.2) is 24.0 Å². The molecule has 136 valence electrons. The number of halogens is 1. The third kappa shape index (κ3) is 5.08. The molecule has 2 atom stereocenters. The van der Waals surface area contributed by atoms with Gasteiger partial charge in [-0.2, -0.15) is 0 Å². The van der Waals surface area contributed by atoms with Crippen LogP contribution in [0, 0.1) is 0 Å². The Morgan fingerprint density at radius 2 is 1.73 bits per heavy atom. The maximum atomic E-state index is 12.5. The van der Waals surface area contributed by atoms with E-state index in [0.29, 0.717) is 11.3 Å². The molecule has 5 nitrogen and oxygen atoms in total. The quantitative estimate of drug-likeness (QED) is 0.696. The first-order valence-corrected chi connectivity index (χ1v) is 9.30. The number of hydrogen-bond donors (Lipinski definition) is 1. The zero-order valence-corrected chi connectivity index (χ0v) is 15.9. The van der Waals surface area contributed by atoms with Gasteiger partial charge in [0.05, 0.1) is 0 Å². The summed E-state index contributed by atoms with van der Waals surface area (Å²) in [4.78, 5) is 25.0. The fraction of sp³-hybridized carbons (Fsp3) is 0.300. The fourth-order valence-electron chi connectivity index (χ4n) is 2.38. The summed E-state index contributed by atoms with van der Waals surface area (Å²) in [6.07, 6.45) is 0.102. The van der Waals surface area contributed by atoms with Crippen LogP contribution in [0.1, 0.15) is 31.4 Å². The van der Waals surface area contributed by atoms with Gasteiger partial charge in [-0.25, -0.2) is 4.79 Å². The molecule has 1 amide bonds. The average molecular weight is 418 g/mol. The Hall–Kier alpha value is -2.34. The van der Waals surface area contributed by atoms with Crippen molar-refractivity contribution >= 4 is 27.8 Å². The molecule has 1 aliphatic rings. The Balaban J connectivity index is 1.67. The highest BCUT2D eigenvalue weighted by molar-refractivity contribution is 9.10. The maximum Gasteiger partial charge on any atom is 0.348 e. The maximum absolute atomic E-state index is 12.5. The van der Waals surface area contributed by atoms with E-state index in [9.17, 15) is 9.59 Å². The van der Waals surface area contributed by atoms with Crippen LogP contribution in [0.25, 0.3) is 0 Å². The van der Waals surface area contributed by atoms with Crippen molar-refractivity contribution in [2.45, 2.75) is 38.0 Å². The van der Waals surface area contributed by atoms with E-state index in [1.807, 2.05) is 30.3 Å². The van der Waals surface area contributed by atoms with Crippen LogP contribution in [-0.2, 0) is 14.3 Å². The van der Waals surface area contributed by atoms with Gasteiger partial charge in [0.15, 0.2) is 6.10 Å². The normalized spacial score (nSPS) is 15.6. The van der Waals surface area contributed by atoms with Gasteiger partial charge >= 0.3 is 5.97 Å². The number of ether oxygens (including phenoxy) is 2. The first kappa shape index (κ1) is 18.5. The first-order chi connectivity index (χ1) is 12.5. The van der Waals surface area contributed by atoms with Gasteiger partial charge in [-0.15, -0.1) is 0 Å². The van der Waals surface area contributed by atoms with Crippen LogP contribution in [0.2, 0.25) is 0 Å². The van der Waals surface area contributed by atoms with Crippen LogP contribution in [0.3, 0.4) is 0 Å². The molecule has 0 spiro atoms. The number of hydrogen-bond acceptors (Lipinski definition) is 4. The van der Waals surface area contributed by atoms with Gasteiger partial charge in [-0.3, -0.25) is 4.79 Å². The number of amides is 1. The Morgan fingerprint density at radius 3 is 2.35 bits per heavy atom.